The van der Waals surface area contributed by atoms with Crippen LogP contribution in [-0.4, -0.2) is 52.2 Å². The highest BCUT2D eigenvalue weighted by atomic mass is 32.2. The summed E-state index contributed by atoms with van der Waals surface area (Å²) in [7, 11) is 0. The maximum absolute atomic E-state index is 11.7. The van der Waals surface area contributed by atoms with Crippen LogP contribution < -0.4 is 10.6 Å². The summed E-state index contributed by atoms with van der Waals surface area (Å²) in [6, 6.07) is -1.16. The Morgan fingerprint density at radius 1 is 1.42 bits per heavy atom. The molecule has 110 valence electrons. The van der Waals surface area contributed by atoms with E-state index in [2.05, 4.69) is 10.6 Å². The lowest BCUT2D eigenvalue weighted by molar-refractivity contribution is -0.139. The monoisotopic (exact) mass is 306 g/mol. The van der Waals surface area contributed by atoms with E-state index in [1.165, 1.54) is 5.75 Å². The van der Waals surface area contributed by atoms with Gasteiger partial charge in [0.1, 0.15) is 6.04 Å². The summed E-state index contributed by atoms with van der Waals surface area (Å²) in [6.45, 7) is 2.60. The van der Waals surface area contributed by atoms with Crippen molar-refractivity contribution in [2.45, 2.75) is 37.5 Å². The fraction of sp³-hybridized carbons (Fsp3) is 0.833. The molecule has 7 heteroatoms. The summed E-state index contributed by atoms with van der Waals surface area (Å²) in [6.07, 6.45) is 2.20. The Labute approximate surface area is 122 Å². The molecular formula is C12H22N2O3S2. The van der Waals surface area contributed by atoms with E-state index in [1.54, 1.807) is 0 Å². The van der Waals surface area contributed by atoms with Crippen molar-refractivity contribution >= 4 is 35.5 Å². The molecule has 1 rings (SSSR count). The molecule has 1 fully saturated rings. The van der Waals surface area contributed by atoms with Gasteiger partial charge in [0.25, 0.3) is 0 Å². The van der Waals surface area contributed by atoms with Crippen molar-refractivity contribution < 1.29 is 14.7 Å². The molecule has 0 aromatic carbocycles. The van der Waals surface area contributed by atoms with Gasteiger partial charge in [-0.2, -0.15) is 23.5 Å². The van der Waals surface area contributed by atoms with Crippen molar-refractivity contribution in [3.63, 3.8) is 0 Å². The molecule has 0 saturated carbocycles. The number of amides is 2. The molecule has 0 bridgehead atoms. The van der Waals surface area contributed by atoms with Crippen LogP contribution in [0.1, 0.15) is 26.2 Å². The summed E-state index contributed by atoms with van der Waals surface area (Å²) < 4.78 is 0. The number of carboxylic acid groups (broad SMARTS) is 1. The summed E-state index contributed by atoms with van der Waals surface area (Å²) in [5.41, 5.74) is 0. The molecule has 5 nitrogen and oxygen atoms in total. The van der Waals surface area contributed by atoms with Gasteiger partial charge in [0.05, 0.1) is 0 Å². The van der Waals surface area contributed by atoms with Gasteiger partial charge >= 0.3 is 12.0 Å². The van der Waals surface area contributed by atoms with E-state index in [-0.39, 0.29) is 6.03 Å². The first-order valence-corrected chi connectivity index (χ1v) is 8.80. The fourth-order valence-corrected chi connectivity index (χ4v) is 4.35. The maximum Gasteiger partial charge on any atom is 0.326 e. The lowest BCUT2D eigenvalue weighted by atomic mass is 10.1. The number of unbranched alkanes of at least 4 members (excludes halogenated alkanes) is 1. The van der Waals surface area contributed by atoms with Crippen LogP contribution in [0.5, 0.6) is 0 Å². The van der Waals surface area contributed by atoms with E-state index in [0.29, 0.717) is 18.2 Å². The second-order valence-electron chi connectivity index (χ2n) is 4.46. The summed E-state index contributed by atoms with van der Waals surface area (Å²) in [5.74, 6) is 2.37. The Bertz CT molecular complexity index is 297. The van der Waals surface area contributed by atoms with Crippen LogP contribution >= 0.6 is 23.5 Å². The lowest BCUT2D eigenvalue weighted by Gasteiger charge is -2.22. The van der Waals surface area contributed by atoms with Crippen LogP contribution in [0.15, 0.2) is 0 Å². The van der Waals surface area contributed by atoms with E-state index in [0.717, 1.165) is 24.3 Å². The molecule has 1 aliphatic rings. The van der Waals surface area contributed by atoms with E-state index in [4.69, 9.17) is 5.11 Å². The van der Waals surface area contributed by atoms with Gasteiger partial charge in [0.15, 0.2) is 0 Å². The van der Waals surface area contributed by atoms with Crippen molar-refractivity contribution in [2.75, 3.05) is 23.8 Å². The molecule has 1 unspecified atom stereocenters. The molecular weight excluding hydrogens is 284 g/mol. The summed E-state index contributed by atoms with van der Waals surface area (Å²) in [4.78, 5) is 22.7. The average Bonchev–Trinajstić information content (AvgIpc) is 2.42. The SMILES string of the molecule is CCCC[C@H](NC(=O)NCC1CSCCS1)C(=O)O. The van der Waals surface area contributed by atoms with Crippen molar-refractivity contribution in [3.8, 4) is 0 Å². The van der Waals surface area contributed by atoms with Gasteiger partial charge in [-0.15, -0.1) is 0 Å². The third-order valence-electron chi connectivity index (χ3n) is 2.83. The number of urea groups is 1. The highest BCUT2D eigenvalue weighted by Gasteiger charge is 2.20. The smallest absolute Gasteiger partial charge is 0.326 e. The Hall–Kier alpha value is -0.560. The molecule has 0 aromatic heterocycles. The highest BCUT2D eigenvalue weighted by molar-refractivity contribution is 8.06. The maximum atomic E-state index is 11.7. The minimum atomic E-state index is -0.966. The molecule has 2 amide bonds. The van der Waals surface area contributed by atoms with Crippen LogP contribution in [0.2, 0.25) is 0 Å². The molecule has 1 saturated heterocycles. The van der Waals surface area contributed by atoms with Crippen LogP contribution in [0.3, 0.4) is 0 Å². The van der Waals surface area contributed by atoms with Gasteiger partial charge in [-0.3, -0.25) is 0 Å². The second kappa shape index (κ2) is 9.36. The molecule has 2 atom stereocenters. The normalized spacial score (nSPS) is 20.6. The second-order valence-corrected chi connectivity index (χ2v) is 7.01. The van der Waals surface area contributed by atoms with Crippen LogP contribution in [0.4, 0.5) is 4.79 Å². The molecule has 1 heterocycles. The van der Waals surface area contributed by atoms with Gasteiger partial charge in [-0.05, 0) is 6.42 Å². The molecule has 0 spiro atoms. The van der Waals surface area contributed by atoms with Gasteiger partial charge in [0.2, 0.25) is 0 Å². The average molecular weight is 306 g/mol. The molecule has 19 heavy (non-hydrogen) atoms. The van der Waals surface area contributed by atoms with E-state index in [9.17, 15) is 9.59 Å². The predicted molar refractivity (Wildman–Crippen MR) is 81.1 cm³/mol. The quantitative estimate of drug-likeness (QED) is 0.668. The topological polar surface area (TPSA) is 78.4 Å². The Morgan fingerprint density at radius 3 is 2.79 bits per heavy atom. The summed E-state index contributed by atoms with van der Waals surface area (Å²) >= 11 is 3.76. The Morgan fingerprint density at radius 2 is 2.21 bits per heavy atom. The zero-order valence-electron chi connectivity index (χ0n) is 11.2. The van der Waals surface area contributed by atoms with Gasteiger partial charge < -0.3 is 15.7 Å². The Balaban J connectivity index is 2.25. The first kappa shape index (κ1) is 16.5. The van der Waals surface area contributed by atoms with Crippen molar-refractivity contribution in [1.29, 1.82) is 0 Å². The zero-order chi connectivity index (χ0) is 14.1. The first-order valence-electron chi connectivity index (χ1n) is 6.60. The lowest BCUT2D eigenvalue weighted by Crippen LogP contribution is -2.47. The van der Waals surface area contributed by atoms with Crippen LogP contribution in [0.25, 0.3) is 0 Å². The van der Waals surface area contributed by atoms with Crippen molar-refractivity contribution in [1.82, 2.24) is 10.6 Å². The number of thioether (sulfide) groups is 2. The number of carbonyl (C=O) groups excluding carboxylic acids is 1. The third-order valence-corrected chi connectivity index (χ3v) is 5.67. The number of nitrogens with one attached hydrogen (secondary N) is 2. The van der Waals surface area contributed by atoms with Gasteiger partial charge in [0, 0.05) is 29.1 Å². The van der Waals surface area contributed by atoms with E-state index in [1.807, 2.05) is 30.4 Å². The minimum absolute atomic E-state index is 0.375. The van der Waals surface area contributed by atoms with Crippen LogP contribution in [0, 0.1) is 0 Å². The number of hydrogen-bond acceptors (Lipinski definition) is 4. The van der Waals surface area contributed by atoms with Crippen molar-refractivity contribution in [2.24, 2.45) is 0 Å². The number of carboxylic acids is 1. The number of aliphatic carboxylic acids is 1. The molecule has 0 radical (unpaired) electrons. The van der Waals surface area contributed by atoms with Crippen LogP contribution in [-0.2, 0) is 4.79 Å². The van der Waals surface area contributed by atoms with Gasteiger partial charge in [-0.25, -0.2) is 9.59 Å². The number of rotatable bonds is 7. The molecule has 0 aromatic rings. The predicted octanol–water partition coefficient (Wildman–Crippen LogP) is 1.78. The van der Waals surface area contributed by atoms with E-state index >= 15 is 0 Å². The number of carbonyl (C=O) groups is 2. The number of hydrogen-bond donors (Lipinski definition) is 3. The fourth-order valence-electron chi connectivity index (χ4n) is 1.74. The summed E-state index contributed by atoms with van der Waals surface area (Å²) in [5, 5.41) is 14.7. The molecule has 1 aliphatic heterocycles. The Kier molecular flexibility index (Phi) is 8.13. The van der Waals surface area contributed by atoms with Gasteiger partial charge in [-0.1, -0.05) is 19.8 Å². The molecule has 3 N–H and O–H groups in total. The van der Waals surface area contributed by atoms with E-state index < -0.39 is 12.0 Å². The largest absolute Gasteiger partial charge is 0.480 e. The molecule has 0 aliphatic carbocycles. The minimum Gasteiger partial charge on any atom is -0.480 e. The highest BCUT2D eigenvalue weighted by Crippen LogP contribution is 2.23. The third kappa shape index (κ3) is 6.96. The zero-order valence-corrected chi connectivity index (χ0v) is 12.8. The van der Waals surface area contributed by atoms with Crippen molar-refractivity contribution in [3.05, 3.63) is 0 Å². The standard InChI is InChI=1S/C12H22N2O3S2/c1-2-3-4-10(11(15)16)14-12(17)13-7-9-8-18-5-6-19-9/h9-10H,2-8H2,1H3,(H,15,16)(H2,13,14,17)/t9?,10-/m0/s1. The first-order chi connectivity index (χ1) is 9.13.